The Morgan fingerprint density at radius 1 is 1.61 bits per heavy atom. The van der Waals surface area contributed by atoms with E-state index >= 15 is 0 Å². The van der Waals surface area contributed by atoms with E-state index in [4.69, 9.17) is 0 Å². The Morgan fingerprint density at radius 3 is 2.89 bits per heavy atom. The van der Waals surface area contributed by atoms with Crippen LogP contribution in [0.5, 0.6) is 0 Å². The maximum absolute atomic E-state index is 12.1. The SMILES string of the molecule is Cc1csc(=O)n1CC(=O)N1CCC(C)C(O)C1. The fraction of sp³-hybridized carbons (Fsp3) is 0.667. The zero-order chi connectivity index (χ0) is 13.3. The number of β-amino-alcohol motifs (C(OH)–C–C–N with tert-alkyl or cyclic N) is 1. The first kappa shape index (κ1) is 13.3. The molecule has 5 nitrogen and oxygen atoms in total. The number of carbonyl (C=O) groups is 1. The molecule has 1 aliphatic heterocycles. The van der Waals surface area contributed by atoms with Gasteiger partial charge in [0.1, 0.15) is 6.54 Å². The first-order valence-electron chi connectivity index (χ1n) is 6.10. The maximum Gasteiger partial charge on any atom is 0.307 e. The van der Waals surface area contributed by atoms with Crippen LogP contribution < -0.4 is 4.87 Å². The summed E-state index contributed by atoms with van der Waals surface area (Å²) in [7, 11) is 0. The third-order valence-electron chi connectivity index (χ3n) is 3.54. The molecule has 1 N–H and O–H groups in total. The minimum Gasteiger partial charge on any atom is -0.391 e. The summed E-state index contributed by atoms with van der Waals surface area (Å²) in [5.41, 5.74) is 0.810. The number of aliphatic hydroxyl groups is 1. The van der Waals surface area contributed by atoms with Gasteiger partial charge in [-0.2, -0.15) is 0 Å². The van der Waals surface area contributed by atoms with E-state index in [0.29, 0.717) is 13.1 Å². The Kier molecular flexibility index (Phi) is 3.87. The number of rotatable bonds is 2. The second kappa shape index (κ2) is 5.24. The molecule has 0 bridgehead atoms. The van der Waals surface area contributed by atoms with Gasteiger partial charge in [0.05, 0.1) is 6.10 Å². The van der Waals surface area contributed by atoms with Gasteiger partial charge in [0.2, 0.25) is 5.91 Å². The molecule has 2 unspecified atom stereocenters. The minimum absolute atomic E-state index is 0.0786. The van der Waals surface area contributed by atoms with Gasteiger partial charge in [-0.3, -0.25) is 14.2 Å². The molecule has 1 saturated heterocycles. The highest BCUT2D eigenvalue weighted by Crippen LogP contribution is 2.17. The summed E-state index contributed by atoms with van der Waals surface area (Å²) >= 11 is 1.11. The lowest BCUT2D eigenvalue weighted by molar-refractivity contribution is -0.136. The van der Waals surface area contributed by atoms with Gasteiger partial charge in [-0.15, -0.1) is 0 Å². The Morgan fingerprint density at radius 2 is 2.33 bits per heavy atom. The van der Waals surface area contributed by atoms with Gasteiger partial charge in [0.25, 0.3) is 0 Å². The zero-order valence-corrected chi connectivity index (χ0v) is 11.4. The summed E-state index contributed by atoms with van der Waals surface area (Å²) in [4.78, 5) is 25.2. The number of amides is 1. The highest BCUT2D eigenvalue weighted by atomic mass is 32.1. The lowest BCUT2D eigenvalue weighted by Crippen LogP contribution is -2.47. The lowest BCUT2D eigenvalue weighted by atomic mass is 9.96. The van der Waals surface area contributed by atoms with Crippen LogP contribution in [-0.4, -0.2) is 39.7 Å². The number of piperidine rings is 1. The van der Waals surface area contributed by atoms with Crippen molar-refractivity contribution in [3.63, 3.8) is 0 Å². The van der Waals surface area contributed by atoms with Crippen LogP contribution in [0.2, 0.25) is 0 Å². The number of aryl methyl sites for hydroxylation is 1. The van der Waals surface area contributed by atoms with Crippen molar-refractivity contribution in [1.29, 1.82) is 0 Å². The first-order chi connectivity index (χ1) is 8.49. The number of hydrogen-bond acceptors (Lipinski definition) is 4. The molecule has 0 radical (unpaired) electrons. The first-order valence-corrected chi connectivity index (χ1v) is 6.97. The highest BCUT2D eigenvalue weighted by molar-refractivity contribution is 7.07. The minimum atomic E-state index is -0.456. The standard InChI is InChI=1S/C12H18N2O3S/c1-8-3-4-13(5-10(8)15)11(16)6-14-9(2)7-18-12(14)17/h7-8,10,15H,3-6H2,1-2H3. The Bertz CT molecular complexity index is 494. The summed E-state index contributed by atoms with van der Waals surface area (Å²) in [5, 5.41) is 11.5. The molecule has 0 aromatic carbocycles. The van der Waals surface area contributed by atoms with Crippen molar-refractivity contribution in [2.75, 3.05) is 13.1 Å². The van der Waals surface area contributed by atoms with Crippen LogP contribution in [0.15, 0.2) is 10.2 Å². The smallest absolute Gasteiger partial charge is 0.307 e. The van der Waals surface area contributed by atoms with Crippen LogP contribution in [0.4, 0.5) is 0 Å². The molecule has 0 saturated carbocycles. The Hall–Kier alpha value is -1.14. The molecule has 1 aliphatic rings. The monoisotopic (exact) mass is 270 g/mol. The number of aromatic nitrogens is 1. The second-order valence-corrected chi connectivity index (χ2v) is 5.72. The Labute approximate surface area is 110 Å². The van der Waals surface area contributed by atoms with Gasteiger partial charge in [0, 0.05) is 24.2 Å². The van der Waals surface area contributed by atoms with Gasteiger partial charge >= 0.3 is 4.87 Å². The molecule has 6 heteroatoms. The summed E-state index contributed by atoms with van der Waals surface area (Å²) in [6.07, 6.45) is 0.354. The molecule has 1 aromatic rings. The molecule has 0 spiro atoms. The van der Waals surface area contributed by atoms with E-state index in [1.807, 2.05) is 13.8 Å². The van der Waals surface area contributed by atoms with Gasteiger partial charge in [0.15, 0.2) is 0 Å². The van der Waals surface area contributed by atoms with E-state index < -0.39 is 6.10 Å². The van der Waals surface area contributed by atoms with Gasteiger partial charge in [-0.1, -0.05) is 18.3 Å². The predicted octanol–water partition coefficient (Wildman–Crippen LogP) is 0.448. The molecule has 2 atom stereocenters. The van der Waals surface area contributed by atoms with Crippen LogP contribution in [0.1, 0.15) is 19.0 Å². The van der Waals surface area contributed by atoms with Crippen LogP contribution in [0.3, 0.4) is 0 Å². The van der Waals surface area contributed by atoms with Crippen molar-refractivity contribution in [2.24, 2.45) is 5.92 Å². The molecule has 1 fully saturated rings. The third-order valence-corrected chi connectivity index (χ3v) is 4.42. The lowest BCUT2D eigenvalue weighted by Gasteiger charge is -2.34. The van der Waals surface area contributed by atoms with Crippen LogP contribution >= 0.6 is 11.3 Å². The molecule has 1 aromatic heterocycles. The van der Waals surface area contributed by atoms with E-state index in [1.54, 1.807) is 10.3 Å². The van der Waals surface area contributed by atoms with Crippen molar-refractivity contribution >= 4 is 17.2 Å². The normalized spacial score (nSPS) is 24.3. The highest BCUT2D eigenvalue weighted by Gasteiger charge is 2.27. The van der Waals surface area contributed by atoms with Crippen molar-refractivity contribution in [3.05, 3.63) is 20.7 Å². The van der Waals surface area contributed by atoms with Crippen molar-refractivity contribution in [2.45, 2.75) is 32.9 Å². The quantitative estimate of drug-likeness (QED) is 0.848. The van der Waals surface area contributed by atoms with E-state index in [9.17, 15) is 14.7 Å². The molecule has 1 amide bonds. The molecular weight excluding hydrogens is 252 g/mol. The number of carbonyl (C=O) groups excluding carboxylic acids is 1. The van der Waals surface area contributed by atoms with E-state index in [0.717, 1.165) is 23.5 Å². The van der Waals surface area contributed by atoms with Gasteiger partial charge < -0.3 is 10.0 Å². The van der Waals surface area contributed by atoms with Gasteiger partial charge in [-0.05, 0) is 19.3 Å². The number of hydrogen-bond donors (Lipinski definition) is 1. The largest absolute Gasteiger partial charge is 0.391 e. The molecule has 2 heterocycles. The third kappa shape index (κ3) is 2.64. The fourth-order valence-corrected chi connectivity index (χ4v) is 2.84. The second-order valence-electron chi connectivity index (χ2n) is 4.90. The number of aliphatic hydroxyl groups excluding tert-OH is 1. The Balaban J connectivity index is 2.03. The number of thiazole rings is 1. The summed E-state index contributed by atoms with van der Waals surface area (Å²) in [6.45, 7) is 4.92. The number of likely N-dealkylation sites (tertiary alicyclic amines) is 1. The van der Waals surface area contributed by atoms with E-state index in [2.05, 4.69) is 0 Å². The van der Waals surface area contributed by atoms with Gasteiger partial charge in [-0.25, -0.2) is 0 Å². The van der Waals surface area contributed by atoms with Crippen molar-refractivity contribution in [1.82, 2.24) is 9.47 Å². The molecule has 0 aliphatic carbocycles. The van der Waals surface area contributed by atoms with Crippen molar-refractivity contribution in [3.8, 4) is 0 Å². The average molecular weight is 270 g/mol. The molecular formula is C12H18N2O3S. The molecule has 18 heavy (non-hydrogen) atoms. The van der Waals surface area contributed by atoms with Crippen LogP contribution in [-0.2, 0) is 11.3 Å². The average Bonchev–Trinajstić information content (AvgIpc) is 2.64. The van der Waals surface area contributed by atoms with E-state index in [-0.39, 0.29) is 23.2 Å². The zero-order valence-electron chi connectivity index (χ0n) is 10.6. The topological polar surface area (TPSA) is 62.5 Å². The summed E-state index contributed by atoms with van der Waals surface area (Å²) < 4.78 is 1.48. The van der Waals surface area contributed by atoms with E-state index in [1.165, 1.54) is 4.57 Å². The van der Waals surface area contributed by atoms with Crippen LogP contribution in [0.25, 0.3) is 0 Å². The molecule has 2 rings (SSSR count). The maximum atomic E-state index is 12.1. The summed E-state index contributed by atoms with van der Waals surface area (Å²) in [6, 6.07) is 0. The van der Waals surface area contributed by atoms with Crippen molar-refractivity contribution < 1.29 is 9.90 Å². The summed E-state index contributed by atoms with van der Waals surface area (Å²) in [5.74, 6) is 0.143. The molecule has 100 valence electrons. The van der Waals surface area contributed by atoms with Crippen LogP contribution in [0, 0.1) is 12.8 Å². The predicted molar refractivity (Wildman–Crippen MR) is 69.7 cm³/mol. The number of nitrogens with zero attached hydrogens (tertiary/aromatic N) is 2. The fourth-order valence-electron chi connectivity index (χ4n) is 2.11.